The molecule has 4 rings (SSSR count). The SMILES string of the molecule is CC(C)OCc1ccccc1CNC(=O)C1CC2CCCCC2N1C(=O)c1ccccc1. The monoisotopic (exact) mass is 434 g/mol. The van der Waals surface area contributed by atoms with E-state index in [0.717, 1.165) is 36.8 Å². The lowest BCUT2D eigenvalue weighted by molar-refractivity contribution is -0.125. The molecule has 0 radical (unpaired) electrons. The zero-order valence-corrected chi connectivity index (χ0v) is 19.1. The summed E-state index contributed by atoms with van der Waals surface area (Å²) in [4.78, 5) is 28.7. The Morgan fingerprint density at radius 2 is 1.69 bits per heavy atom. The van der Waals surface area contributed by atoms with Crippen molar-refractivity contribution < 1.29 is 14.3 Å². The normalized spacial score (nSPS) is 22.6. The van der Waals surface area contributed by atoms with E-state index in [1.807, 2.05) is 73.3 Å². The zero-order chi connectivity index (χ0) is 22.5. The first-order valence-corrected chi connectivity index (χ1v) is 11.9. The van der Waals surface area contributed by atoms with Crippen LogP contribution in [0.5, 0.6) is 0 Å². The van der Waals surface area contributed by atoms with Crippen molar-refractivity contribution in [3.8, 4) is 0 Å². The van der Waals surface area contributed by atoms with Crippen molar-refractivity contribution in [3.05, 3.63) is 71.3 Å². The Bertz CT molecular complexity index is 928. The molecule has 1 aliphatic carbocycles. The molecule has 32 heavy (non-hydrogen) atoms. The van der Waals surface area contributed by atoms with E-state index in [2.05, 4.69) is 5.32 Å². The van der Waals surface area contributed by atoms with E-state index in [0.29, 0.717) is 24.6 Å². The third-order valence-corrected chi connectivity index (χ3v) is 6.79. The first kappa shape index (κ1) is 22.5. The van der Waals surface area contributed by atoms with E-state index in [1.165, 1.54) is 6.42 Å². The second kappa shape index (κ2) is 10.3. The van der Waals surface area contributed by atoms with Crippen LogP contribution in [0.2, 0.25) is 0 Å². The molecular weight excluding hydrogens is 400 g/mol. The third-order valence-electron chi connectivity index (χ3n) is 6.79. The number of nitrogens with zero attached hydrogens (tertiary/aromatic N) is 1. The Morgan fingerprint density at radius 1 is 1.00 bits per heavy atom. The fourth-order valence-electron chi connectivity index (χ4n) is 5.14. The minimum Gasteiger partial charge on any atom is -0.374 e. The molecule has 1 heterocycles. The van der Waals surface area contributed by atoms with Crippen molar-refractivity contribution in [2.24, 2.45) is 5.92 Å². The quantitative estimate of drug-likeness (QED) is 0.687. The van der Waals surface area contributed by atoms with Crippen molar-refractivity contribution in [3.63, 3.8) is 0 Å². The fraction of sp³-hybridized carbons (Fsp3) is 0.481. The fourth-order valence-corrected chi connectivity index (χ4v) is 5.14. The Morgan fingerprint density at radius 3 is 2.44 bits per heavy atom. The predicted molar refractivity (Wildman–Crippen MR) is 125 cm³/mol. The van der Waals surface area contributed by atoms with Gasteiger partial charge in [0.15, 0.2) is 0 Å². The number of amides is 2. The number of rotatable bonds is 7. The van der Waals surface area contributed by atoms with Gasteiger partial charge in [-0.3, -0.25) is 9.59 Å². The molecule has 1 aliphatic heterocycles. The topological polar surface area (TPSA) is 58.6 Å². The lowest BCUT2D eigenvalue weighted by atomic mass is 9.84. The van der Waals surface area contributed by atoms with Gasteiger partial charge in [0.2, 0.25) is 5.91 Å². The number of carbonyl (C=O) groups is 2. The third kappa shape index (κ3) is 5.04. The van der Waals surface area contributed by atoms with Gasteiger partial charge in [-0.15, -0.1) is 0 Å². The van der Waals surface area contributed by atoms with Crippen LogP contribution in [0.15, 0.2) is 54.6 Å². The van der Waals surface area contributed by atoms with Crippen molar-refractivity contribution in [1.29, 1.82) is 0 Å². The highest BCUT2D eigenvalue weighted by molar-refractivity contribution is 5.98. The predicted octanol–water partition coefficient (Wildman–Crippen LogP) is 4.70. The van der Waals surface area contributed by atoms with Crippen molar-refractivity contribution in [1.82, 2.24) is 10.2 Å². The molecule has 5 nitrogen and oxygen atoms in total. The molecule has 1 saturated heterocycles. The number of hydrogen-bond donors (Lipinski definition) is 1. The van der Waals surface area contributed by atoms with E-state index in [-0.39, 0.29) is 24.0 Å². The Balaban J connectivity index is 1.49. The van der Waals surface area contributed by atoms with Crippen LogP contribution in [0.3, 0.4) is 0 Å². The maximum Gasteiger partial charge on any atom is 0.254 e. The van der Waals surface area contributed by atoms with Crippen molar-refractivity contribution in [2.75, 3.05) is 0 Å². The first-order chi connectivity index (χ1) is 15.5. The summed E-state index contributed by atoms with van der Waals surface area (Å²) in [5.41, 5.74) is 2.80. The van der Waals surface area contributed by atoms with E-state index in [9.17, 15) is 9.59 Å². The highest BCUT2D eigenvalue weighted by Gasteiger charge is 2.47. The number of hydrogen-bond acceptors (Lipinski definition) is 3. The molecule has 0 aromatic heterocycles. The van der Waals surface area contributed by atoms with Gasteiger partial charge >= 0.3 is 0 Å². The standard InChI is InChI=1S/C27H34N2O3/c1-19(2)32-18-23-14-7-6-13-22(23)17-28-26(30)25-16-21-12-8-9-15-24(21)29(25)27(31)20-10-4-3-5-11-20/h3-7,10-11,13-14,19,21,24-25H,8-9,12,15-18H2,1-2H3,(H,28,30). The minimum absolute atomic E-state index is 0.0223. The molecule has 5 heteroatoms. The van der Waals surface area contributed by atoms with Gasteiger partial charge in [-0.05, 0) is 62.3 Å². The number of benzene rings is 2. The molecule has 0 spiro atoms. The molecule has 2 aromatic carbocycles. The summed E-state index contributed by atoms with van der Waals surface area (Å²) in [6.07, 6.45) is 5.30. The maximum absolute atomic E-state index is 13.4. The molecular formula is C27H34N2O3. The molecule has 170 valence electrons. The summed E-state index contributed by atoms with van der Waals surface area (Å²) in [6.45, 7) is 5.00. The van der Waals surface area contributed by atoms with Gasteiger partial charge in [-0.25, -0.2) is 0 Å². The smallest absolute Gasteiger partial charge is 0.254 e. The van der Waals surface area contributed by atoms with Gasteiger partial charge in [0, 0.05) is 18.2 Å². The summed E-state index contributed by atoms with van der Waals surface area (Å²) in [7, 11) is 0. The van der Waals surface area contributed by atoms with Gasteiger partial charge in [0.1, 0.15) is 6.04 Å². The Hall–Kier alpha value is -2.66. The first-order valence-electron chi connectivity index (χ1n) is 11.9. The summed E-state index contributed by atoms with van der Waals surface area (Å²) in [5, 5.41) is 3.13. The van der Waals surface area contributed by atoms with Gasteiger partial charge in [-0.2, -0.15) is 0 Å². The summed E-state index contributed by atoms with van der Waals surface area (Å²) < 4.78 is 5.77. The molecule has 0 bridgehead atoms. The van der Waals surface area contributed by atoms with Gasteiger partial charge < -0.3 is 15.0 Å². The number of likely N-dealkylation sites (tertiary alicyclic amines) is 1. The lowest BCUT2D eigenvalue weighted by Crippen LogP contribution is -2.49. The van der Waals surface area contributed by atoms with E-state index in [4.69, 9.17) is 4.74 Å². The second-order valence-corrected chi connectivity index (χ2v) is 9.29. The van der Waals surface area contributed by atoms with Gasteiger partial charge in [0.05, 0.1) is 12.7 Å². The minimum atomic E-state index is -0.408. The van der Waals surface area contributed by atoms with Crippen LogP contribution in [0.4, 0.5) is 0 Å². The summed E-state index contributed by atoms with van der Waals surface area (Å²) in [6, 6.07) is 17.2. The second-order valence-electron chi connectivity index (χ2n) is 9.29. The van der Waals surface area contributed by atoms with Crippen LogP contribution in [0.25, 0.3) is 0 Å². The highest BCUT2D eigenvalue weighted by atomic mass is 16.5. The summed E-state index contributed by atoms with van der Waals surface area (Å²) >= 11 is 0. The largest absolute Gasteiger partial charge is 0.374 e. The molecule has 3 atom stereocenters. The van der Waals surface area contributed by atoms with Crippen LogP contribution in [-0.4, -0.2) is 34.9 Å². The number of nitrogens with one attached hydrogen (secondary N) is 1. The summed E-state index contributed by atoms with van der Waals surface area (Å²) in [5.74, 6) is 0.341. The average molecular weight is 435 g/mol. The molecule has 2 fully saturated rings. The van der Waals surface area contributed by atoms with Crippen LogP contribution < -0.4 is 5.32 Å². The van der Waals surface area contributed by atoms with Crippen molar-refractivity contribution in [2.45, 2.75) is 77.3 Å². The molecule has 2 amide bonds. The van der Waals surface area contributed by atoms with Crippen LogP contribution in [0, 0.1) is 5.92 Å². The van der Waals surface area contributed by atoms with Crippen molar-refractivity contribution >= 4 is 11.8 Å². The maximum atomic E-state index is 13.4. The molecule has 1 saturated carbocycles. The van der Waals surface area contributed by atoms with Gasteiger partial charge in [-0.1, -0.05) is 55.3 Å². The molecule has 1 N–H and O–H groups in total. The lowest BCUT2D eigenvalue weighted by Gasteiger charge is -2.33. The Kier molecular flexibility index (Phi) is 7.26. The van der Waals surface area contributed by atoms with Crippen LogP contribution >= 0.6 is 0 Å². The molecule has 2 aliphatic rings. The zero-order valence-electron chi connectivity index (χ0n) is 19.1. The number of fused-ring (bicyclic) bond motifs is 1. The van der Waals surface area contributed by atoms with E-state index < -0.39 is 6.04 Å². The van der Waals surface area contributed by atoms with Gasteiger partial charge in [0.25, 0.3) is 5.91 Å². The van der Waals surface area contributed by atoms with E-state index in [1.54, 1.807) is 0 Å². The Labute approximate surface area is 191 Å². The van der Waals surface area contributed by atoms with Crippen LogP contribution in [-0.2, 0) is 22.7 Å². The molecule has 2 aromatic rings. The highest BCUT2D eigenvalue weighted by Crippen LogP contribution is 2.40. The van der Waals surface area contributed by atoms with Crippen LogP contribution in [0.1, 0.15) is 67.4 Å². The average Bonchev–Trinajstić information content (AvgIpc) is 3.21. The number of ether oxygens (including phenoxy) is 1. The van der Waals surface area contributed by atoms with E-state index >= 15 is 0 Å². The number of carbonyl (C=O) groups excluding carboxylic acids is 2. The molecule has 3 unspecified atom stereocenters.